The molecule has 0 radical (unpaired) electrons. The topological polar surface area (TPSA) is 28.7 Å². The number of allylic oxidation sites excluding steroid dienone is 2. The van der Waals surface area contributed by atoms with E-state index in [1.807, 2.05) is 24.2 Å². The number of H-pyrrole nitrogens is 1. The van der Waals surface area contributed by atoms with E-state index in [2.05, 4.69) is 29.0 Å². The number of hydrogen-bond acceptors (Lipinski definition) is 2. The molecule has 2 nitrogen and oxygen atoms in total. The van der Waals surface area contributed by atoms with E-state index in [0.29, 0.717) is 0 Å². The highest BCUT2D eigenvalue weighted by atomic mass is 32.2. The molecule has 0 spiro atoms. The first kappa shape index (κ1) is 20.3. The van der Waals surface area contributed by atoms with Gasteiger partial charge in [-0.15, -0.1) is 0 Å². The molecule has 1 rings (SSSR count). The van der Waals surface area contributed by atoms with Crippen LogP contribution in [0, 0.1) is 0 Å². The molecule has 0 amide bonds. The molecule has 132 valence electrons. The Morgan fingerprint density at radius 3 is 2.22 bits per heavy atom. The van der Waals surface area contributed by atoms with E-state index in [1.54, 1.807) is 0 Å². The highest BCUT2D eigenvalue weighted by Crippen LogP contribution is 2.13. The number of unbranched alkanes of at least 4 members (excludes halogenated alkanes) is 10. The molecule has 23 heavy (non-hydrogen) atoms. The van der Waals surface area contributed by atoms with Gasteiger partial charge in [0.1, 0.15) is 5.82 Å². The fourth-order valence-electron chi connectivity index (χ4n) is 2.64. The van der Waals surface area contributed by atoms with E-state index in [9.17, 15) is 0 Å². The van der Waals surface area contributed by atoms with Gasteiger partial charge >= 0.3 is 0 Å². The molecule has 0 aliphatic carbocycles. The maximum atomic E-state index is 4.24. The van der Waals surface area contributed by atoms with Gasteiger partial charge in [-0.2, -0.15) is 11.8 Å². The second-order valence-electron chi connectivity index (χ2n) is 6.32. The van der Waals surface area contributed by atoms with Gasteiger partial charge in [-0.25, -0.2) is 4.98 Å². The zero-order valence-corrected chi connectivity index (χ0v) is 15.9. The van der Waals surface area contributed by atoms with Crippen LogP contribution in [0.3, 0.4) is 0 Å². The van der Waals surface area contributed by atoms with Gasteiger partial charge in [0, 0.05) is 12.4 Å². The summed E-state index contributed by atoms with van der Waals surface area (Å²) in [6, 6.07) is 0. The van der Waals surface area contributed by atoms with Crippen molar-refractivity contribution in [1.29, 1.82) is 0 Å². The maximum Gasteiger partial charge on any atom is 0.116 e. The molecule has 1 aromatic heterocycles. The Hall–Kier alpha value is -0.700. The number of hydrogen-bond donors (Lipinski definition) is 1. The predicted molar refractivity (Wildman–Crippen MR) is 105 cm³/mol. The van der Waals surface area contributed by atoms with Crippen molar-refractivity contribution in [2.45, 2.75) is 89.7 Å². The van der Waals surface area contributed by atoms with Crippen LogP contribution >= 0.6 is 11.8 Å². The summed E-state index contributed by atoms with van der Waals surface area (Å²) >= 11 is 1.99. The molecule has 1 N–H and O–H groups in total. The molecule has 0 aromatic carbocycles. The molecule has 0 aliphatic rings. The Morgan fingerprint density at radius 1 is 0.913 bits per heavy atom. The third-order valence-corrected chi connectivity index (χ3v) is 5.15. The first-order valence-corrected chi connectivity index (χ1v) is 10.8. The molecule has 0 atom stereocenters. The minimum atomic E-state index is 1.02. The molecule has 0 bridgehead atoms. The van der Waals surface area contributed by atoms with E-state index in [4.69, 9.17) is 0 Å². The zero-order valence-electron chi connectivity index (χ0n) is 15.1. The van der Waals surface area contributed by atoms with E-state index in [1.165, 1.54) is 82.8 Å². The van der Waals surface area contributed by atoms with Crippen LogP contribution in [-0.4, -0.2) is 15.7 Å². The molecular weight excluding hydrogens is 300 g/mol. The summed E-state index contributed by atoms with van der Waals surface area (Å²) in [5.41, 5.74) is 0. The van der Waals surface area contributed by atoms with Crippen molar-refractivity contribution in [2.24, 2.45) is 0 Å². The van der Waals surface area contributed by atoms with Gasteiger partial charge in [0.05, 0.1) is 5.75 Å². The third-order valence-electron chi connectivity index (χ3n) is 4.09. The SMILES string of the molecule is CCCCCCCC/C=C\CCCCCCSCc1ncc[nH]1. The van der Waals surface area contributed by atoms with Gasteiger partial charge in [-0.1, -0.05) is 64.0 Å². The average Bonchev–Trinajstić information content (AvgIpc) is 3.08. The number of nitrogens with zero attached hydrogens (tertiary/aromatic N) is 1. The predicted octanol–water partition coefficient (Wildman–Crippen LogP) is 6.90. The highest BCUT2D eigenvalue weighted by molar-refractivity contribution is 7.98. The molecule has 0 unspecified atom stereocenters. The molecule has 1 aromatic rings. The van der Waals surface area contributed by atoms with Gasteiger partial charge in [0.2, 0.25) is 0 Å². The van der Waals surface area contributed by atoms with Crippen molar-refractivity contribution in [3.63, 3.8) is 0 Å². The number of rotatable bonds is 16. The quantitative estimate of drug-likeness (QED) is 0.263. The summed E-state index contributed by atoms with van der Waals surface area (Å²) in [6.45, 7) is 2.28. The highest BCUT2D eigenvalue weighted by Gasteiger charge is 1.95. The average molecular weight is 337 g/mol. The summed E-state index contributed by atoms with van der Waals surface area (Å²) in [5, 5.41) is 0. The summed E-state index contributed by atoms with van der Waals surface area (Å²) < 4.78 is 0. The lowest BCUT2D eigenvalue weighted by Gasteiger charge is -2.00. The molecule has 3 heteroatoms. The maximum absolute atomic E-state index is 4.24. The largest absolute Gasteiger partial charge is 0.348 e. The Labute approximate surface area is 147 Å². The molecule has 0 aliphatic heterocycles. The van der Waals surface area contributed by atoms with Gasteiger partial charge in [0.25, 0.3) is 0 Å². The van der Waals surface area contributed by atoms with Crippen LogP contribution in [-0.2, 0) is 5.75 Å². The lowest BCUT2D eigenvalue weighted by molar-refractivity contribution is 0.610. The van der Waals surface area contributed by atoms with Gasteiger partial charge in [-0.3, -0.25) is 0 Å². The number of thioether (sulfide) groups is 1. The summed E-state index contributed by atoms with van der Waals surface area (Å²) in [6.07, 6.45) is 25.0. The summed E-state index contributed by atoms with van der Waals surface area (Å²) in [7, 11) is 0. The molecular formula is C20H36N2S. The van der Waals surface area contributed by atoms with Crippen LogP contribution < -0.4 is 0 Å². The van der Waals surface area contributed by atoms with Crippen molar-refractivity contribution >= 4 is 11.8 Å². The van der Waals surface area contributed by atoms with Crippen molar-refractivity contribution < 1.29 is 0 Å². The van der Waals surface area contributed by atoms with Crippen molar-refractivity contribution in [2.75, 3.05) is 5.75 Å². The molecule has 1 heterocycles. The Morgan fingerprint density at radius 2 is 1.57 bits per heavy atom. The van der Waals surface area contributed by atoms with Crippen molar-refractivity contribution in [1.82, 2.24) is 9.97 Å². The standard InChI is InChI=1S/C20H36N2S/c1-2-3-4-5-6-7-8-9-10-11-12-13-14-15-18-23-19-20-21-16-17-22-20/h9-10,16-17H,2-8,11-15,18-19H2,1H3,(H,21,22)/b10-9-. The summed E-state index contributed by atoms with van der Waals surface area (Å²) in [5.74, 6) is 3.38. The van der Waals surface area contributed by atoms with Crippen LogP contribution in [0.15, 0.2) is 24.5 Å². The zero-order chi connectivity index (χ0) is 16.4. The third kappa shape index (κ3) is 13.4. The normalized spacial score (nSPS) is 11.5. The van der Waals surface area contributed by atoms with Gasteiger partial charge < -0.3 is 4.98 Å². The first-order valence-electron chi connectivity index (χ1n) is 9.64. The van der Waals surface area contributed by atoms with E-state index >= 15 is 0 Å². The van der Waals surface area contributed by atoms with E-state index in [-0.39, 0.29) is 0 Å². The Bertz CT molecular complexity index is 360. The van der Waals surface area contributed by atoms with E-state index in [0.717, 1.165) is 11.6 Å². The molecule has 0 saturated heterocycles. The number of nitrogens with one attached hydrogen (secondary N) is 1. The molecule has 0 fully saturated rings. The van der Waals surface area contributed by atoms with Gasteiger partial charge in [-0.05, 0) is 37.9 Å². The van der Waals surface area contributed by atoms with Crippen LogP contribution in [0.5, 0.6) is 0 Å². The minimum Gasteiger partial charge on any atom is -0.348 e. The summed E-state index contributed by atoms with van der Waals surface area (Å²) in [4.78, 5) is 7.39. The fraction of sp³-hybridized carbons (Fsp3) is 0.750. The van der Waals surface area contributed by atoms with Crippen molar-refractivity contribution in [3.05, 3.63) is 30.4 Å². The van der Waals surface area contributed by atoms with Crippen molar-refractivity contribution in [3.8, 4) is 0 Å². The first-order chi connectivity index (χ1) is 11.4. The lowest BCUT2D eigenvalue weighted by Crippen LogP contribution is -1.86. The second kappa shape index (κ2) is 16.2. The van der Waals surface area contributed by atoms with Gasteiger partial charge in [0.15, 0.2) is 0 Å². The molecule has 0 saturated carbocycles. The number of aromatic nitrogens is 2. The number of aromatic amines is 1. The van der Waals surface area contributed by atoms with E-state index < -0.39 is 0 Å². The Balaban J connectivity index is 1.73. The minimum absolute atomic E-state index is 1.02. The number of imidazole rings is 1. The lowest BCUT2D eigenvalue weighted by atomic mass is 10.1. The van der Waals surface area contributed by atoms with Crippen LogP contribution in [0.25, 0.3) is 0 Å². The van der Waals surface area contributed by atoms with Crippen LogP contribution in [0.2, 0.25) is 0 Å². The van der Waals surface area contributed by atoms with Crippen LogP contribution in [0.4, 0.5) is 0 Å². The van der Waals surface area contributed by atoms with Crippen LogP contribution in [0.1, 0.15) is 89.8 Å². The Kier molecular flexibility index (Phi) is 14.3. The fourth-order valence-corrected chi connectivity index (χ4v) is 3.55. The smallest absolute Gasteiger partial charge is 0.116 e. The monoisotopic (exact) mass is 336 g/mol. The second-order valence-corrected chi connectivity index (χ2v) is 7.42.